The maximum atomic E-state index is 13.5. The number of aromatic nitrogens is 1. The zero-order chi connectivity index (χ0) is 20.6. The van der Waals surface area contributed by atoms with Gasteiger partial charge in [-0.25, -0.2) is 0 Å². The lowest BCUT2D eigenvalue weighted by Gasteiger charge is -2.38. The molecule has 3 aromatic rings. The molecule has 29 heavy (non-hydrogen) atoms. The van der Waals surface area contributed by atoms with Crippen molar-refractivity contribution in [2.24, 2.45) is 5.73 Å². The molecule has 1 aliphatic rings. The summed E-state index contributed by atoms with van der Waals surface area (Å²) < 4.78 is 0. The Labute approximate surface area is 178 Å². The Morgan fingerprint density at radius 1 is 1.10 bits per heavy atom. The molecule has 1 heterocycles. The molecule has 4 rings (SSSR count). The summed E-state index contributed by atoms with van der Waals surface area (Å²) in [5.74, 6) is -0.127. The average Bonchev–Trinajstić information content (AvgIpc) is 2.71. The predicted octanol–water partition coefficient (Wildman–Crippen LogP) is 4.61. The van der Waals surface area contributed by atoms with Crippen molar-refractivity contribution in [3.63, 3.8) is 0 Å². The van der Waals surface area contributed by atoms with Crippen LogP contribution in [0.15, 0.2) is 53.5 Å². The zero-order valence-electron chi connectivity index (χ0n) is 15.7. The van der Waals surface area contributed by atoms with Crippen molar-refractivity contribution in [3.05, 3.63) is 74.6 Å². The van der Waals surface area contributed by atoms with E-state index in [1.807, 2.05) is 12.1 Å². The molecule has 4 N–H and O–H groups in total. The smallest absolute Gasteiger partial charge is 0.255 e. The highest BCUT2D eigenvalue weighted by Crippen LogP contribution is 2.41. The third kappa shape index (κ3) is 3.78. The van der Waals surface area contributed by atoms with Crippen LogP contribution in [0.2, 0.25) is 10.0 Å². The van der Waals surface area contributed by atoms with E-state index in [0.717, 1.165) is 18.4 Å². The van der Waals surface area contributed by atoms with E-state index in [2.05, 4.69) is 10.3 Å². The fraction of sp³-hybridized carbons (Fsp3) is 0.273. The summed E-state index contributed by atoms with van der Waals surface area (Å²) in [7, 11) is 0. The number of anilines is 1. The molecule has 2 aromatic carbocycles. The zero-order valence-corrected chi connectivity index (χ0v) is 17.2. The Morgan fingerprint density at radius 3 is 2.48 bits per heavy atom. The van der Waals surface area contributed by atoms with Gasteiger partial charge in [-0.2, -0.15) is 0 Å². The molecule has 5 nitrogen and oxygen atoms in total. The van der Waals surface area contributed by atoms with Gasteiger partial charge in [0.2, 0.25) is 5.91 Å². The molecule has 0 radical (unpaired) electrons. The van der Waals surface area contributed by atoms with Crippen LogP contribution in [0.4, 0.5) is 5.69 Å². The number of carbonyl (C=O) groups excluding carboxylic acids is 1. The lowest BCUT2D eigenvalue weighted by molar-refractivity contribution is -0.122. The van der Waals surface area contributed by atoms with Gasteiger partial charge in [-0.3, -0.25) is 9.59 Å². The molecule has 0 spiro atoms. The summed E-state index contributed by atoms with van der Waals surface area (Å²) in [6.07, 6.45) is 4.38. The van der Waals surface area contributed by atoms with E-state index in [9.17, 15) is 9.59 Å². The number of amides is 1. The van der Waals surface area contributed by atoms with Crippen molar-refractivity contribution in [2.75, 3.05) is 5.32 Å². The van der Waals surface area contributed by atoms with Crippen molar-refractivity contribution in [2.45, 2.75) is 37.1 Å². The number of H-pyrrole nitrogens is 1. The molecular formula is C22H21Cl2N3O2. The Bertz CT molecular complexity index is 1120. The molecule has 150 valence electrons. The predicted molar refractivity (Wildman–Crippen MR) is 118 cm³/mol. The third-order valence-corrected chi connectivity index (χ3v) is 6.39. The summed E-state index contributed by atoms with van der Waals surface area (Å²) in [4.78, 5) is 28.1. The number of hydrogen-bond acceptors (Lipinski definition) is 3. The van der Waals surface area contributed by atoms with Gasteiger partial charge < -0.3 is 16.0 Å². The minimum Gasteiger partial charge on any atom is -0.329 e. The number of halogens is 2. The molecule has 1 fully saturated rings. The number of rotatable bonds is 3. The van der Waals surface area contributed by atoms with Gasteiger partial charge in [0, 0.05) is 22.6 Å². The molecule has 0 saturated heterocycles. The Balaban J connectivity index is 1.72. The second-order valence-corrected chi connectivity index (χ2v) is 8.45. The molecule has 0 unspecified atom stereocenters. The van der Waals surface area contributed by atoms with Crippen molar-refractivity contribution < 1.29 is 4.79 Å². The monoisotopic (exact) mass is 429 g/mol. The van der Waals surface area contributed by atoms with E-state index in [-0.39, 0.29) is 17.5 Å². The number of fused-ring (bicyclic) bond motifs is 1. The highest BCUT2D eigenvalue weighted by Gasteiger charge is 2.42. The summed E-state index contributed by atoms with van der Waals surface area (Å²) in [5, 5.41) is 5.13. The lowest BCUT2D eigenvalue weighted by Crippen LogP contribution is -2.45. The van der Waals surface area contributed by atoms with E-state index in [1.54, 1.807) is 36.5 Å². The second kappa shape index (κ2) is 7.82. The minimum atomic E-state index is -0.701. The summed E-state index contributed by atoms with van der Waals surface area (Å²) in [5.41, 5.74) is 6.58. The van der Waals surface area contributed by atoms with Gasteiger partial charge in [-0.05, 0) is 67.0 Å². The fourth-order valence-corrected chi connectivity index (χ4v) is 4.43. The maximum absolute atomic E-state index is 13.5. The Kier molecular flexibility index (Phi) is 5.38. The Morgan fingerprint density at radius 2 is 1.79 bits per heavy atom. The van der Waals surface area contributed by atoms with Crippen LogP contribution in [0, 0.1) is 0 Å². The molecule has 7 heteroatoms. The van der Waals surface area contributed by atoms with E-state index >= 15 is 0 Å². The number of benzene rings is 2. The van der Waals surface area contributed by atoms with Crippen molar-refractivity contribution in [1.29, 1.82) is 0 Å². The second-order valence-electron chi connectivity index (χ2n) is 7.61. The number of hydrogen-bond donors (Lipinski definition) is 3. The van der Waals surface area contributed by atoms with Gasteiger partial charge in [0.15, 0.2) is 0 Å². The van der Waals surface area contributed by atoms with Crippen LogP contribution in [-0.2, 0) is 10.2 Å². The van der Waals surface area contributed by atoms with Gasteiger partial charge >= 0.3 is 0 Å². The minimum absolute atomic E-state index is 0.0965. The summed E-state index contributed by atoms with van der Waals surface area (Å²) in [6, 6.07) is 12.6. The molecule has 0 aliphatic heterocycles. The van der Waals surface area contributed by atoms with E-state index in [1.165, 1.54) is 0 Å². The number of aromatic amines is 1. The molecular weight excluding hydrogens is 409 g/mol. The first-order valence-corrected chi connectivity index (χ1v) is 10.3. The highest BCUT2D eigenvalue weighted by atomic mass is 35.5. The van der Waals surface area contributed by atoms with E-state index in [4.69, 9.17) is 28.9 Å². The van der Waals surface area contributed by atoms with Gasteiger partial charge in [-0.15, -0.1) is 0 Å². The van der Waals surface area contributed by atoms with Crippen LogP contribution < -0.4 is 16.6 Å². The number of carbonyl (C=O) groups is 1. The maximum Gasteiger partial charge on any atom is 0.255 e. The normalized spacial score (nSPS) is 21.8. The molecule has 1 saturated carbocycles. The molecule has 1 aromatic heterocycles. The van der Waals surface area contributed by atoms with Crippen molar-refractivity contribution >= 4 is 45.6 Å². The average molecular weight is 430 g/mol. The third-order valence-electron chi connectivity index (χ3n) is 5.82. The molecule has 0 bridgehead atoms. The summed E-state index contributed by atoms with van der Waals surface area (Å²) in [6.45, 7) is 0. The van der Waals surface area contributed by atoms with Gasteiger partial charge in [0.1, 0.15) is 0 Å². The van der Waals surface area contributed by atoms with Crippen LogP contribution >= 0.6 is 23.2 Å². The number of pyridine rings is 1. The van der Waals surface area contributed by atoms with Crippen LogP contribution in [0.5, 0.6) is 0 Å². The van der Waals surface area contributed by atoms with Crippen LogP contribution in [-0.4, -0.2) is 16.9 Å². The number of nitrogens with two attached hydrogens (primary N) is 1. The first kappa shape index (κ1) is 20.0. The Hall–Kier alpha value is -2.34. The SMILES string of the molecule is N[C@H]1CC[C@@](C(=O)Nc2cc3cc[nH]c(=O)c3cc2Cl)(c2ccc(Cl)cc2)CC1. The van der Waals surface area contributed by atoms with Crippen molar-refractivity contribution in [1.82, 2.24) is 4.98 Å². The number of nitrogens with one attached hydrogen (secondary N) is 2. The van der Waals surface area contributed by atoms with Gasteiger partial charge in [0.25, 0.3) is 5.56 Å². The van der Waals surface area contributed by atoms with E-state index in [0.29, 0.717) is 39.3 Å². The largest absolute Gasteiger partial charge is 0.329 e. The molecule has 0 atom stereocenters. The van der Waals surface area contributed by atoms with Crippen molar-refractivity contribution in [3.8, 4) is 0 Å². The van der Waals surface area contributed by atoms with Crippen LogP contribution in [0.25, 0.3) is 10.8 Å². The lowest BCUT2D eigenvalue weighted by atomic mass is 9.67. The standard InChI is InChI=1S/C22H21Cl2N3O2/c23-15-3-1-14(2-4-15)22(8-5-16(25)6-9-22)21(29)27-19-11-13-7-10-26-20(28)17(13)12-18(19)24/h1-4,7,10-12,16H,5-6,8-9,25H2,(H,26,28)(H,27,29)/t16-,22-. The summed E-state index contributed by atoms with van der Waals surface area (Å²) >= 11 is 12.4. The van der Waals surface area contributed by atoms with Gasteiger partial charge in [0.05, 0.1) is 16.1 Å². The molecule has 1 aliphatic carbocycles. The topological polar surface area (TPSA) is 88.0 Å². The first-order valence-electron chi connectivity index (χ1n) is 9.53. The van der Waals surface area contributed by atoms with Crippen LogP contribution in [0.1, 0.15) is 31.2 Å². The first-order chi connectivity index (χ1) is 13.9. The highest BCUT2D eigenvalue weighted by molar-refractivity contribution is 6.34. The van der Waals surface area contributed by atoms with E-state index < -0.39 is 5.41 Å². The fourth-order valence-electron chi connectivity index (χ4n) is 4.10. The molecule has 1 amide bonds. The quantitative estimate of drug-likeness (QED) is 0.567. The van der Waals surface area contributed by atoms with Crippen LogP contribution in [0.3, 0.4) is 0 Å². The van der Waals surface area contributed by atoms with Gasteiger partial charge in [-0.1, -0.05) is 35.3 Å².